The van der Waals surface area contributed by atoms with Crippen molar-refractivity contribution in [2.24, 2.45) is 11.7 Å². The fraction of sp³-hybridized carbons (Fsp3) is 0.781. The molecule has 0 spiro atoms. The number of nitrogens with zero attached hydrogens (tertiary/aromatic N) is 4. The summed E-state index contributed by atoms with van der Waals surface area (Å²) < 4.78 is 0. The van der Waals surface area contributed by atoms with Crippen molar-refractivity contribution in [2.75, 3.05) is 32.8 Å². The summed E-state index contributed by atoms with van der Waals surface area (Å²) in [4.78, 5) is 97.7. The highest BCUT2D eigenvalue weighted by Gasteiger charge is 2.46. The molecule has 7 atom stereocenters. The first-order chi connectivity index (χ1) is 22.8. The van der Waals surface area contributed by atoms with Crippen LogP contribution in [0, 0.1) is 5.92 Å². The summed E-state index contributed by atoms with van der Waals surface area (Å²) in [6.45, 7) is 5.80. The summed E-state index contributed by atoms with van der Waals surface area (Å²) in [5.74, 6) is -4.13. The minimum absolute atomic E-state index is 0.0335. The van der Waals surface area contributed by atoms with Crippen LogP contribution < -0.4 is 16.4 Å². The molecule has 4 aliphatic heterocycles. The van der Waals surface area contributed by atoms with Crippen LogP contribution in [0.3, 0.4) is 0 Å². The second kappa shape index (κ2) is 16.1. The summed E-state index contributed by atoms with van der Waals surface area (Å²) in [6, 6.07) is -6.63. The van der Waals surface area contributed by atoms with Crippen molar-refractivity contribution in [1.29, 1.82) is 0 Å². The van der Waals surface area contributed by atoms with Crippen molar-refractivity contribution in [3.63, 3.8) is 0 Å². The number of amides is 6. The number of aliphatic hydroxyl groups excluding tert-OH is 1. The molecular weight excluding hydrogens is 626 g/mol. The second-order valence-corrected chi connectivity index (χ2v) is 13.8. The highest BCUT2D eigenvalue weighted by Crippen LogP contribution is 2.29. The van der Waals surface area contributed by atoms with E-state index >= 15 is 0 Å². The Morgan fingerprint density at radius 3 is 1.62 bits per heavy atom. The lowest BCUT2D eigenvalue weighted by molar-refractivity contribution is -0.151. The average molecular weight is 678 g/mol. The van der Waals surface area contributed by atoms with Gasteiger partial charge in [-0.05, 0) is 70.6 Å². The number of carbonyl (C=O) groups is 7. The van der Waals surface area contributed by atoms with E-state index in [4.69, 9.17) is 5.73 Å². The number of hydrogen-bond acceptors (Lipinski definition) is 9. The van der Waals surface area contributed by atoms with E-state index in [1.807, 2.05) is 13.8 Å². The summed E-state index contributed by atoms with van der Waals surface area (Å²) in [6.07, 6.45) is 4.04. The molecule has 0 radical (unpaired) electrons. The standard InChI is InChI=1S/C32H51N7O9/c1-18(2)16-20(29(44)39-15-7-11-25(39)32(47)48)34-26(41)21(17-40)35-27(42)22-8-4-12-36(22)30(45)24-10-6-14-38(24)31(46)23-9-5-13-37(23)28(43)19(3)33/h18-25,40H,4-17,33H2,1-3H3,(H,34,41)(H,35,42)(H,47,48). The van der Waals surface area contributed by atoms with Crippen LogP contribution in [0.2, 0.25) is 0 Å². The lowest BCUT2D eigenvalue weighted by Gasteiger charge is -2.34. The number of carbonyl (C=O) groups excluding carboxylic acids is 6. The van der Waals surface area contributed by atoms with Gasteiger partial charge in [0.15, 0.2) is 0 Å². The van der Waals surface area contributed by atoms with Crippen molar-refractivity contribution in [3.8, 4) is 0 Å². The van der Waals surface area contributed by atoms with Gasteiger partial charge in [-0.2, -0.15) is 0 Å². The Hall–Kier alpha value is -3.79. The first-order valence-electron chi connectivity index (χ1n) is 17.2. The van der Waals surface area contributed by atoms with Crippen molar-refractivity contribution >= 4 is 41.4 Å². The number of carboxylic acid groups (broad SMARTS) is 1. The quantitative estimate of drug-likeness (QED) is 0.159. The van der Waals surface area contributed by atoms with E-state index in [0.29, 0.717) is 64.5 Å². The first kappa shape index (κ1) is 37.0. The van der Waals surface area contributed by atoms with Crippen LogP contribution in [0.4, 0.5) is 0 Å². The fourth-order valence-electron chi connectivity index (χ4n) is 7.44. The summed E-state index contributed by atoms with van der Waals surface area (Å²) in [5.41, 5.74) is 5.80. The summed E-state index contributed by atoms with van der Waals surface area (Å²) >= 11 is 0. The van der Waals surface area contributed by atoms with Gasteiger partial charge < -0.3 is 46.2 Å². The molecule has 4 aliphatic rings. The van der Waals surface area contributed by atoms with E-state index in [0.717, 1.165) is 0 Å². The van der Waals surface area contributed by atoms with Gasteiger partial charge in [0.2, 0.25) is 35.4 Å². The molecule has 0 aromatic rings. The Balaban J connectivity index is 1.41. The number of aliphatic hydroxyl groups is 1. The maximum atomic E-state index is 13.9. The molecule has 0 aliphatic carbocycles. The molecule has 4 saturated heterocycles. The molecule has 16 heteroatoms. The van der Waals surface area contributed by atoms with Crippen molar-refractivity contribution in [3.05, 3.63) is 0 Å². The predicted octanol–water partition coefficient (Wildman–Crippen LogP) is -1.61. The molecule has 4 heterocycles. The van der Waals surface area contributed by atoms with Crippen molar-refractivity contribution in [2.45, 2.75) is 121 Å². The van der Waals surface area contributed by atoms with Crippen LogP contribution in [0.5, 0.6) is 0 Å². The van der Waals surface area contributed by atoms with Gasteiger partial charge in [0, 0.05) is 26.2 Å². The van der Waals surface area contributed by atoms with E-state index < -0.39 is 72.6 Å². The number of nitrogens with one attached hydrogen (secondary N) is 2. The third kappa shape index (κ3) is 8.08. The number of carboxylic acids is 1. The zero-order valence-electron chi connectivity index (χ0n) is 28.1. The number of nitrogens with two attached hydrogens (primary N) is 1. The molecule has 0 bridgehead atoms. The lowest BCUT2D eigenvalue weighted by Crippen LogP contribution is -2.59. The van der Waals surface area contributed by atoms with Crippen LogP contribution in [0.15, 0.2) is 0 Å². The van der Waals surface area contributed by atoms with Gasteiger partial charge in [-0.25, -0.2) is 4.79 Å². The van der Waals surface area contributed by atoms with Crippen LogP contribution >= 0.6 is 0 Å². The van der Waals surface area contributed by atoms with E-state index in [2.05, 4.69) is 10.6 Å². The van der Waals surface area contributed by atoms with Gasteiger partial charge in [-0.1, -0.05) is 13.8 Å². The largest absolute Gasteiger partial charge is 0.480 e. The lowest BCUT2D eigenvalue weighted by atomic mass is 10.0. The fourth-order valence-corrected chi connectivity index (χ4v) is 7.44. The van der Waals surface area contributed by atoms with Crippen LogP contribution in [-0.2, 0) is 33.6 Å². The molecule has 48 heavy (non-hydrogen) atoms. The Bertz CT molecular complexity index is 1260. The molecular formula is C32H51N7O9. The first-order valence-corrected chi connectivity index (χ1v) is 17.2. The van der Waals surface area contributed by atoms with E-state index in [1.54, 1.807) is 6.92 Å². The highest BCUT2D eigenvalue weighted by molar-refractivity contribution is 5.97. The number of aliphatic carboxylic acids is 1. The Morgan fingerprint density at radius 2 is 1.12 bits per heavy atom. The molecule has 16 nitrogen and oxygen atoms in total. The second-order valence-electron chi connectivity index (χ2n) is 13.8. The van der Waals surface area contributed by atoms with Gasteiger partial charge in [-0.3, -0.25) is 28.8 Å². The van der Waals surface area contributed by atoms with Crippen LogP contribution in [0.25, 0.3) is 0 Å². The zero-order valence-corrected chi connectivity index (χ0v) is 28.1. The SMILES string of the molecule is CC(C)CC(NC(=O)C(CO)NC(=O)C1CCCN1C(=O)C1CCCN1C(=O)C1CCCN1C(=O)C(C)N)C(=O)N1CCCC1C(=O)O. The molecule has 7 unspecified atom stereocenters. The third-order valence-electron chi connectivity index (χ3n) is 9.83. The topological polar surface area (TPSA) is 223 Å². The van der Waals surface area contributed by atoms with Crippen LogP contribution in [0.1, 0.15) is 78.6 Å². The monoisotopic (exact) mass is 677 g/mol. The van der Waals surface area contributed by atoms with Gasteiger partial charge in [0.1, 0.15) is 36.3 Å². The van der Waals surface area contributed by atoms with E-state index in [-0.39, 0.29) is 43.1 Å². The number of likely N-dealkylation sites (tertiary alicyclic amines) is 4. The minimum Gasteiger partial charge on any atom is -0.480 e. The van der Waals surface area contributed by atoms with E-state index in [9.17, 15) is 43.8 Å². The Morgan fingerprint density at radius 1 is 0.667 bits per heavy atom. The molecule has 0 aromatic heterocycles. The molecule has 4 fully saturated rings. The summed E-state index contributed by atoms with van der Waals surface area (Å²) in [7, 11) is 0. The Kier molecular flexibility index (Phi) is 12.4. The number of rotatable bonds is 12. The van der Waals surface area contributed by atoms with Gasteiger partial charge in [-0.15, -0.1) is 0 Å². The predicted molar refractivity (Wildman–Crippen MR) is 171 cm³/mol. The number of hydrogen-bond donors (Lipinski definition) is 5. The molecule has 268 valence electrons. The van der Waals surface area contributed by atoms with Gasteiger partial charge in [0.05, 0.1) is 12.6 Å². The average Bonchev–Trinajstić information content (AvgIpc) is 3.87. The maximum absolute atomic E-state index is 13.9. The van der Waals surface area contributed by atoms with Crippen molar-refractivity contribution < 1.29 is 43.8 Å². The van der Waals surface area contributed by atoms with Gasteiger partial charge >= 0.3 is 5.97 Å². The minimum atomic E-state index is -1.42. The Labute approximate surface area is 280 Å². The molecule has 6 N–H and O–H groups in total. The van der Waals surface area contributed by atoms with Crippen LogP contribution in [-0.4, -0.2) is 146 Å². The van der Waals surface area contributed by atoms with E-state index in [1.165, 1.54) is 19.6 Å². The molecule has 0 aromatic carbocycles. The molecule has 4 rings (SSSR count). The molecule has 6 amide bonds. The normalized spacial score (nSPS) is 26.0. The maximum Gasteiger partial charge on any atom is 0.326 e. The zero-order chi connectivity index (χ0) is 35.3. The highest BCUT2D eigenvalue weighted by atomic mass is 16.4. The summed E-state index contributed by atoms with van der Waals surface area (Å²) in [5, 5.41) is 24.8. The van der Waals surface area contributed by atoms with Crippen molar-refractivity contribution in [1.82, 2.24) is 30.2 Å². The van der Waals surface area contributed by atoms with Gasteiger partial charge in [0.25, 0.3) is 0 Å². The molecule has 0 saturated carbocycles. The third-order valence-corrected chi connectivity index (χ3v) is 9.83. The smallest absolute Gasteiger partial charge is 0.326 e.